The molecule has 25 heavy (non-hydrogen) atoms. The quantitative estimate of drug-likeness (QED) is 0.895. The molecule has 1 aliphatic rings. The zero-order valence-corrected chi connectivity index (χ0v) is 14.1. The van der Waals surface area contributed by atoms with E-state index < -0.39 is 5.97 Å². The van der Waals surface area contributed by atoms with Crippen LogP contribution in [0, 0.1) is 0 Å². The standard InChI is InChI=1S/C19H21N3O3/c1-21-9-11-22(12-10-21)15-7-8-17(16(13-15)19(24)25)20-18(23)14-5-3-2-4-6-14/h2-8,13H,9-12H2,1H3,(H,20,23)(H,24,25). The first-order valence-corrected chi connectivity index (χ1v) is 8.22. The molecular formula is C19H21N3O3. The van der Waals surface area contributed by atoms with Crippen molar-refractivity contribution in [1.82, 2.24) is 4.90 Å². The number of hydrogen-bond acceptors (Lipinski definition) is 4. The molecule has 2 N–H and O–H groups in total. The summed E-state index contributed by atoms with van der Waals surface area (Å²) in [4.78, 5) is 28.3. The van der Waals surface area contributed by atoms with Gasteiger partial charge in [0.25, 0.3) is 5.91 Å². The minimum Gasteiger partial charge on any atom is -0.478 e. The smallest absolute Gasteiger partial charge is 0.337 e. The predicted molar refractivity (Wildman–Crippen MR) is 97.5 cm³/mol. The highest BCUT2D eigenvalue weighted by molar-refractivity contribution is 6.08. The molecule has 0 bridgehead atoms. The number of nitrogens with zero attached hydrogens (tertiary/aromatic N) is 2. The van der Waals surface area contributed by atoms with Crippen molar-refractivity contribution in [2.24, 2.45) is 0 Å². The first-order valence-electron chi connectivity index (χ1n) is 8.22. The van der Waals surface area contributed by atoms with E-state index in [9.17, 15) is 14.7 Å². The summed E-state index contributed by atoms with van der Waals surface area (Å²) < 4.78 is 0. The van der Waals surface area contributed by atoms with Crippen LogP contribution < -0.4 is 10.2 Å². The molecule has 6 nitrogen and oxygen atoms in total. The van der Waals surface area contributed by atoms with Gasteiger partial charge in [-0.15, -0.1) is 0 Å². The number of anilines is 2. The van der Waals surface area contributed by atoms with Gasteiger partial charge in [0.2, 0.25) is 0 Å². The Balaban J connectivity index is 1.82. The maximum Gasteiger partial charge on any atom is 0.337 e. The van der Waals surface area contributed by atoms with Gasteiger partial charge in [0.1, 0.15) is 0 Å². The van der Waals surface area contributed by atoms with Gasteiger partial charge in [0.15, 0.2) is 0 Å². The van der Waals surface area contributed by atoms with Crippen molar-refractivity contribution in [1.29, 1.82) is 0 Å². The summed E-state index contributed by atoms with van der Waals surface area (Å²) in [7, 11) is 2.07. The van der Waals surface area contributed by atoms with Gasteiger partial charge in [-0.2, -0.15) is 0 Å². The molecular weight excluding hydrogens is 318 g/mol. The molecule has 3 rings (SSSR count). The number of carboxylic acid groups (broad SMARTS) is 1. The van der Waals surface area contributed by atoms with E-state index in [4.69, 9.17) is 0 Å². The average Bonchev–Trinajstić information content (AvgIpc) is 2.63. The van der Waals surface area contributed by atoms with Crippen molar-refractivity contribution in [3.63, 3.8) is 0 Å². The minimum absolute atomic E-state index is 0.0979. The van der Waals surface area contributed by atoms with E-state index in [-0.39, 0.29) is 11.5 Å². The van der Waals surface area contributed by atoms with Gasteiger partial charge in [-0.1, -0.05) is 18.2 Å². The number of carbonyl (C=O) groups is 2. The van der Waals surface area contributed by atoms with Crippen molar-refractivity contribution in [3.05, 3.63) is 59.7 Å². The van der Waals surface area contributed by atoms with Crippen LogP contribution in [0.4, 0.5) is 11.4 Å². The third kappa shape index (κ3) is 3.97. The molecule has 2 aromatic carbocycles. The van der Waals surface area contributed by atoms with Crippen LogP contribution in [0.15, 0.2) is 48.5 Å². The van der Waals surface area contributed by atoms with Gasteiger partial charge in [-0.05, 0) is 37.4 Å². The molecule has 1 fully saturated rings. The number of piperazine rings is 1. The van der Waals surface area contributed by atoms with Gasteiger partial charge in [0, 0.05) is 37.4 Å². The number of hydrogen-bond donors (Lipinski definition) is 2. The molecule has 1 heterocycles. The van der Waals surface area contributed by atoms with Crippen LogP contribution in [0.2, 0.25) is 0 Å². The van der Waals surface area contributed by atoms with Crippen molar-refractivity contribution >= 4 is 23.3 Å². The van der Waals surface area contributed by atoms with Gasteiger partial charge in [0.05, 0.1) is 11.3 Å². The first kappa shape index (κ1) is 17.0. The predicted octanol–water partition coefficient (Wildman–Crippen LogP) is 2.39. The SMILES string of the molecule is CN1CCN(c2ccc(NC(=O)c3ccccc3)c(C(=O)O)c2)CC1. The number of aromatic carboxylic acids is 1. The maximum atomic E-state index is 12.3. The molecule has 1 amide bonds. The maximum absolute atomic E-state index is 12.3. The van der Waals surface area contributed by atoms with E-state index in [2.05, 4.69) is 22.2 Å². The Bertz CT molecular complexity index is 769. The van der Waals surface area contributed by atoms with Gasteiger partial charge in [-0.25, -0.2) is 4.79 Å². The van der Waals surface area contributed by atoms with Crippen LogP contribution in [0.3, 0.4) is 0 Å². The van der Waals surface area contributed by atoms with E-state index in [1.54, 1.807) is 36.4 Å². The van der Waals surface area contributed by atoms with Crippen LogP contribution in [0.1, 0.15) is 20.7 Å². The molecule has 1 saturated heterocycles. The average molecular weight is 339 g/mol. The Morgan fingerprint density at radius 3 is 2.32 bits per heavy atom. The third-order valence-corrected chi connectivity index (χ3v) is 4.39. The molecule has 0 saturated carbocycles. The number of likely N-dealkylation sites (N-methyl/N-ethyl adjacent to an activating group) is 1. The Hall–Kier alpha value is -2.86. The lowest BCUT2D eigenvalue weighted by molar-refractivity contribution is 0.0698. The van der Waals surface area contributed by atoms with Crippen molar-refractivity contribution in [3.8, 4) is 0 Å². The largest absolute Gasteiger partial charge is 0.478 e. The van der Waals surface area contributed by atoms with Gasteiger partial charge in [-0.3, -0.25) is 4.79 Å². The second-order valence-corrected chi connectivity index (χ2v) is 6.15. The second-order valence-electron chi connectivity index (χ2n) is 6.15. The lowest BCUT2D eigenvalue weighted by Crippen LogP contribution is -2.44. The fraction of sp³-hybridized carbons (Fsp3) is 0.263. The number of benzene rings is 2. The molecule has 0 atom stereocenters. The van der Waals surface area contributed by atoms with Gasteiger partial charge < -0.3 is 20.2 Å². The molecule has 6 heteroatoms. The Labute approximate surface area is 146 Å². The number of nitrogens with one attached hydrogen (secondary N) is 1. The topological polar surface area (TPSA) is 72.9 Å². The van der Waals surface area contributed by atoms with E-state index in [1.807, 2.05) is 12.1 Å². The summed E-state index contributed by atoms with van der Waals surface area (Å²) in [5.41, 5.74) is 1.75. The lowest BCUT2D eigenvalue weighted by atomic mass is 10.1. The van der Waals surface area contributed by atoms with Crippen LogP contribution in [-0.2, 0) is 0 Å². The van der Waals surface area contributed by atoms with Crippen molar-refractivity contribution in [2.45, 2.75) is 0 Å². The highest BCUT2D eigenvalue weighted by Gasteiger charge is 2.19. The van der Waals surface area contributed by atoms with Crippen molar-refractivity contribution < 1.29 is 14.7 Å². The minimum atomic E-state index is -1.06. The number of amides is 1. The van der Waals surface area contributed by atoms with Crippen molar-refractivity contribution in [2.75, 3.05) is 43.4 Å². The Morgan fingerprint density at radius 2 is 1.68 bits per heavy atom. The summed E-state index contributed by atoms with van der Waals surface area (Å²) in [5, 5.41) is 12.2. The fourth-order valence-corrected chi connectivity index (χ4v) is 2.86. The summed E-state index contributed by atoms with van der Waals surface area (Å²) >= 11 is 0. The Morgan fingerprint density at radius 1 is 1.00 bits per heavy atom. The molecule has 0 spiro atoms. The van der Waals surface area contributed by atoms with Crippen LogP contribution >= 0.6 is 0 Å². The zero-order chi connectivity index (χ0) is 17.8. The zero-order valence-electron chi connectivity index (χ0n) is 14.1. The molecule has 0 unspecified atom stereocenters. The Kier molecular flexibility index (Phi) is 5.00. The molecule has 0 radical (unpaired) electrons. The summed E-state index contributed by atoms with van der Waals surface area (Å²) in [6.45, 7) is 3.58. The molecule has 0 aromatic heterocycles. The van der Waals surface area contributed by atoms with Crippen LogP contribution in [0.25, 0.3) is 0 Å². The molecule has 2 aromatic rings. The van der Waals surface area contributed by atoms with E-state index >= 15 is 0 Å². The van der Waals surface area contributed by atoms with E-state index in [0.29, 0.717) is 11.3 Å². The summed E-state index contributed by atoms with van der Waals surface area (Å²) in [5.74, 6) is -1.38. The fourth-order valence-electron chi connectivity index (χ4n) is 2.86. The number of rotatable bonds is 4. The van der Waals surface area contributed by atoms with Crippen LogP contribution in [0.5, 0.6) is 0 Å². The van der Waals surface area contributed by atoms with Gasteiger partial charge >= 0.3 is 5.97 Å². The molecule has 1 aliphatic heterocycles. The third-order valence-electron chi connectivity index (χ3n) is 4.39. The first-order chi connectivity index (χ1) is 12.0. The number of carbonyl (C=O) groups excluding carboxylic acids is 1. The second kappa shape index (κ2) is 7.36. The van der Waals surface area contributed by atoms with E-state index in [0.717, 1.165) is 31.9 Å². The summed E-state index contributed by atoms with van der Waals surface area (Å²) in [6.07, 6.45) is 0. The summed E-state index contributed by atoms with van der Waals surface area (Å²) in [6, 6.07) is 13.9. The monoisotopic (exact) mass is 339 g/mol. The highest BCUT2D eigenvalue weighted by Crippen LogP contribution is 2.25. The highest BCUT2D eigenvalue weighted by atomic mass is 16.4. The van der Waals surface area contributed by atoms with E-state index in [1.165, 1.54) is 0 Å². The molecule has 130 valence electrons. The molecule has 0 aliphatic carbocycles. The normalized spacial score (nSPS) is 15.0. The van der Waals surface area contributed by atoms with Crippen LogP contribution in [-0.4, -0.2) is 55.1 Å². The number of carboxylic acids is 1. The lowest BCUT2D eigenvalue weighted by Gasteiger charge is -2.34.